The third-order valence-electron chi connectivity index (χ3n) is 4.66. The van der Waals surface area contributed by atoms with Crippen LogP contribution in [0, 0.1) is 5.92 Å². The fraction of sp³-hybridized carbons (Fsp3) is 0.625. The van der Waals surface area contributed by atoms with Crippen molar-refractivity contribution in [1.29, 1.82) is 0 Å². The molecule has 17 heavy (non-hydrogen) atoms. The molecule has 1 nitrogen and oxygen atoms in total. The van der Waals surface area contributed by atoms with Crippen molar-refractivity contribution >= 4 is 0 Å². The highest BCUT2D eigenvalue weighted by atomic mass is 14.9. The van der Waals surface area contributed by atoms with Gasteiger partial charge in [0.05, 0.1) is 0 Å². The molecule has 1 saturated carbocycles. The van der Waals surface area contributed by atoms with Crippen LogP contribution in [0.3, 0.4) is 0 Å². The summed E-state index contributed by atoms with van der Waals surface area (Å²) in [6, 6.07) is 7.80. The lowest BCUT2D eigenvalue weighted by Crippen LogP contribution is -2.23. The molecule has 1 atom stereocenters. The summed E-state index contributed by atoms with van der Waals surface area (Å²) in [5.41, 5.74) is 4.73. The zero-order valence-corrected chi connectivity index (χ0v) is 10.8. The van der Waals surface area contributed by atoms with Gasteiger partial charge in [-0.25, -0.2) is 0 Å². The first-order valence-corrected chi connectivity index (χ1v) is 7.17. The predicted molar refractivity (Wildman–Crippen MR) is 72.2 cm³/mol. The summed E-state index contributed by atoms with van der Waals surface area (Å²) in [4.78, 5) is 0. The topological polar surface area (TPSA) is 12.0 Å². The predicted octanol–water partition coefficient (Wildman–Crippen LogP) is 3.63. The second-order valence-corrected chi connectivity index (χ2v) is 5.69. The molecule has 1 aromatic carbocycles. The van der Waals surface area contributed by atoms with Crippen LogP contribution in [0.15, 0.2) is 18.2 Å². The lowest BCUT2D eigenvalue weighted by Gasteiger charge is -2.24. The van der Waals surface area contributed by atoms with Crippen molar-refractivity contribution in [2.75, 3.05) is 7.05 Å². The van der Waals surface area contributed by atoms with E-state index in [0.29, 0.717) is 6.04 Å². The van der Waals surface area contributed by atoms with Gasteiger partial charge in [-0.05, 0) is 61.8 Å². The Balaban J connectivity index is 1.85. The summed E-state index contributed by atoms with van der Waals surface area (Å²) in [6.07, 6.45) is 9.60. The van der Waals surface area contributed by atoms with Gasteiger partial charge in [-0.15, -0.1) is 0 Å². The van der Waals surface area contributed by atoms with E-state index in [1.54, 1.807) is 11.1 Å². The molecule has 2 aliphatic rings. The molecule has 0 amide bonds. The van der Waals surface area contributed by atoms with Gasteiger partial charge < -0.3 is 5.32 Å². The average molecular weight is 229 g/mol. The Hall–Kier alpha value is -0.820. The highest BCUT2D eigenvalue weighted by molar-refractivity contribution is 5.36. The molecule has 0 radical (unpaired) electrons. The molecule has 0 bridgehead atoms. The average Bonchev–Trinajstić information content (AvgIpc) is 2.99. The van der Waals surface area contributed by atoms with Gasteiger partial charge in [0, 0.05) is 6.04 Å². The van der Waals surface area contributed by atoms with Crippen LogP contribution in [0.2, 0.25) is 0 Å². The fourth-order valence-corrected chi connectivity index (χ4v) is 3.75. The maximum Gasteiger partial charge on any atom is 0.0346 e. The van der Waals surface area contributed by atoms with Crippen molar-refractivity contribution < 1.29 is 0 Å². The quantitative estimate of drug-likeness (QED) is 0.834. The van der Waals surface area contributed by atoms with Crippen molar-refractivity contribution in [3.63, 3.8) is 0 Å². The monoisotopic (exact) mass is 229 g/mol. The second-order valence-electron chi connectivity index (χ2n) is 5.69. The van der Waals surface area contributed by atoms with Crippen LogP contribution in [0.5, 0.6) is 0 Å². The summed E-state index contributed by atoms with van der Waals surface area (Å²) in [7, 11) is 2.12. The molecule has 1 heteroatoms. The SMILES string of the molecule is CNC(c1ccc2c(c1)CCC2)C1CCCC1. The minimum Gasteiger partial charge on any atom is -0.313 e. The Morgan fingerprint density at radius 3 is 2.59 bits per heavy atom. The number of hydrogen-bond acceptors (Lipinski definition) is 1. The zero-order chi connectivity index (χ0) is 11.7. The van der Waals surface area contributed by atoms with Crippen molar-refractivity contribution in [3.05, 3.63) is 34.9 Å². The number of rotatable bonds is 3. The molecule has 1 fully saturated rings. The van der Waals surface area contributed by atoms with Gasteiger partial charge in [-0.2, -0.15) is 0 Å². The van der Waals surface area contributed by atoms with E-state index in [1.165, 1.54) is 50.5 Å². The highest BCUT2D eigenvalue weighted by Crippen LogP contribution is 2.36. The van der Waals surface area contributed by atoms with Gasteiger partial charge in [0.15, 0.2) is 0 Å². The van der Waals surface area contributed by atoms with Gasteiger partial charge in [0.25, 0.3) is 0 Å². The minimum absolute atomic E-state index is 0.586. The van der Waals surface area contributed by atoms with Crippen LogP contribution in [-0.2, 0) is 12.8 Å². The molecular weight excluding hydrogens is 206 g/mol. The standard InChI is InChI=1S/C16H23N/c1-17-16(13-5-2-3-6-13)15-10-9-12-7-4-8-14(12)11-15/h9-11,13,16-17H,2-8H2,1H3. The summed E-state index contributed by atoms with van der Waals surface area (Å²) in [5, 5.41) is 3.55. The first-order chi connectivity index (χ1) is 8.38. The molecule has 1 aromatic rings. The van der Waals surface area contributed by atoms with Crippen LogP contribution in [-0.4, -0.2) is 7.05 Å². The van der Waals surface area contributed by atoms with Crippen LogP contribution < -0.4 is 5.32 Å². The van der Waals surface area contributed by atoms with Crippen molar-refractivity contribution in [2.45, 2.75) is 51.0 Å². The minimum atomic E-state index is 0.586. The third-order valence-corrected chi connectivity index (χ3v) is 4.66. The molecule has 1 N–H and O–H groups in total. The van der Waals surface area contributed by atoms with Crippen molar-refractivity contribution in [2.24, 2.45) is 5.92 Å². The van der Waals surface area contributed by atoms with Gasteiger partial charge in [-0.1, -0.05) is 31.0 Å². The number of fused-ring (bicyclic) bond motifs is 1. The molecule has 0 spiro atoms. The maximum absolute atomic E-state index is 3.55. The van der Waals surface area contributed by atoms with Crippen LogP contribution in [0.1, 0.15) is 54.8 Å². The highest BCUT2D eigenvalue weighted by Gasteiger charge is 2.25. The van der Waals surface area contributed by atoms with E-state index in [1.807, 2.05) is 0 Å². The van der Waals surface area contributed by atoms with E-state index in [-0.39, 0.29) is 0 Å². The van der Waals surface area contributed by atoms with Crippen LogP contribution >= 0.6 is 0 Å². The second kappa shape index (κ2) is 4.81. The van der Waals surface area contributed by atoms with Gasteiger partial charge in [0.1, 0.15) is 0 Å². The normalized spacial score (nSPS) is 21.7. The maximum atomic E-state index is 3.55. The number of aryl methyl sites for hydroxylation is 2. The summed E-state index contributed by atoms with van der Waals surface area (Å²) in [6.45, 7) is 0. The third kappa shape index (κ3) is 2.13. The molecule has 0 heterocycles. The van der Waals surface area contributed by atoms with Crippen LogP contribution in [0.4, 0.5) is 0 Å². The van der Waals surface area contributed by atoms with Gasteiger partial charge >= 0.3 is 0 Å². The smallest absolute Gasteiger partial charge is 0.0346 e. The number of hydrogen-bond donors (Lipinski definition) is 1. The Labute approximate surface area is 105 Å². The molecule has 0 aliphatic heterocycles. The number of nitrogens with one attached hydrogen (secondary N) is 1. The van der Waals surface area contributed by atoms with E-state index in [2.05, 4.69) is 30.6 Å². The molecule has 0 saturated heterocycles. The first-order valence-electron chi connectivity index (χ1n) is 7.17. The van der Waals surface area contributed by atoms with Gasteiger partial charge in [-0.3, -0.25) is 0 Å². The Bertz CT molecular complexity index is 391. The van der Waals surface area contributed by atoms with Gasteiger partial charge in [0.2, 0.25) is 0 Å². The molecular formula is C16H23N. The molecule has 1 unspecified atom stereocenters. The number of benzene rings is 1. The first kappa shape index (κ1) is 11.3. The molecule has 92 valence electrons. The molecule has 0 aromatic heterocycles. The largest absolute Gasteiger partial charge is 0.313 e. The van der Waals surface area contributed by atoms with Crippen molar-refractivity contribution in [1.82, 2.24) is 5.32 Å². The molecule has 2 aliphatic carbocycles. The lowest BCUT2D eigenvalue weighted by atomic mass is 9.90. The van der Waals surface area contributed by atoms with E-state index >= 15 is 0 Å². The van der Waals surface area contributed by atoms with E-state index in [0.717, 1.165) is 5.92 Å². The van der Waals surface area contributed by atoms with E-state index in [9.17, 15) is 0 Å². The Kier molecular flexibility index (Phi) is 3.19. The van der Waals surface area contributed by atoms with Crippen LogP contribution in [0.25, 0.3) is 0 Å². The van der Waals surface area contributed by atoms with Crippen molar-refractivity contribution in [3.8, 4) is 0 Å². The fourth-order valence-electron chi connectivity index (χ4n) is 3.75. The molecule has 3 rings (SSSR count). The zero-order valence-electron chi connectivity index (χ0n) is 10.8. The van der Waals surface area contributed by atoms with E-state index < -0.39 is 0 Å². The summed E-state index contributed by atoms with van der Waals surface area (Å²) >= 11 is 0. The summed E-state index contributed by atoms with van der Waals surface area (Å²) in [5.74, 6) is 0.861. The Morgan fingerprint density at radius 2 is 1.82 bits per heavy atom. The lowest BCUT2D eigenvalue weighted by molar-refractivity contribution is 0.390. The summed E-state index contributed by atoms with van der Waals surface area (Å²) < 4.78 is 0. The Morgan fingerprint density at radius 1 is 1.06 bits per heavy atom. The van der Waals surface area contributed by atoms with E-state index in [4.69, 9.17) is 0 Å².